The molecular weight excluding hydrogens is 442 g/mol. The van der Waals surface area contributed by atoms with E-state index in [1.165, 1.54) is 0 Å². The fourth-order valence-electron chi connectivity index (χ4n) is 5.18. The van der Waals surface area contributed by atoms with Gasteiger partial charge in [0.2, 0.25) is 11.8 Å². The smallest absolute Gasteiger partial charge is 0.238 e. The maximum absolute atomic E-state index is 14.1. The molecule has 7 heteroatoms. The third-order valence-corrected chi connectivity index (χ3v) is 7.12. The molecule has 0 spiro atoms. The molecule has 3 heterocycles. The molecule has 3 aromatic rings. The Balaban J connectivity index is 1.35. The number of para-hydroxylation sites is 1. The highest BCUT2D eigenvalue weighted by Crippen LogP contribution is 2.39. The van der Waals surface area contributed by atoms with Crippen LogP contribution in [0.3, 0.4) is 0 Å². The van der Waals surface area contributed by atoms with Crippen LogP contribution in [0, 0.1) is 0 Å². The van der Waals surface area contributed by atoms with Gasteiger partial charge in [-0.1, -0.05) is 30.3 Å². The Hall–Kier alpha value is -3.45. The standard InChI is InChI=1S/C28H31N3O4/c1-33-23-11-9-22(10-12-23)28(13-16-34-17-14-28)27(32)31-15-5-6-21(20-31)25-18-29-19-26(30-25)35-24-7-3-2-4-8-24/h2-4,7-12,18-19,21H,5-6,13-17,20H2,1H3/t21-/m1/s1. The lowest BCUT2D eigenvalue weighted by Gasteiger charge is -2.42. The highest BCUT2D eigenvalue weighted by molar-refractivity contribution is 5.88. The predicted octanol–water partition coefficient (Wildman–Crippen LogP) is 4.73. The normalized spacial score (nSPS) is 19.7. The van der Waals surface area contributed by atoms with Gasteiger partial charge in [0.15, 0.2) is 0 Å². The van der Waals surface area contributed by atoms with Gasteiger partial charge >= 0.3 is 0 Å². The Morgan fingerprint density at radius 2 is 1.80 bits per heavy atom. The van der Waals surface area contributed by atoms with E-state index in [4.69, 9.17) is 19.2 Å². The minimum Gasteiger partial charge on any atom is -0.497 e. The van der Waals surface area contributed by atoms with Crippen molar-refractivity contribution in [3.63, 3.8) is 0 Å². The summed E-state index contributed by atoms with van der Waals surface area (Å²) in [6.45, 7) is 2.54. The van der Waals surface area contributed by atoms with Crippen molar-refractivity contribution in [3.05, 3.63) is 78.2 Å². The summed E-state index contributed by atoms with van der Waals surface area (Å²) in [6, 6.07) is 17.5. The number of nitrogens with zero attached hydrogens (tertiary/aromatic N) is 3. The molecule has 1 atom stereocenters. The summed E-state index contributed by atoms with van der Waals surface area (Å²) in [4.78, 5) is 25.2. The van der Waals surface area contributed by atoms with Gasteiger partial charge in [0, 0.05) is 38.4 Å². The van der Waals surface area contributed by atoms with Crippen LogP contribution in [0.15, 0.2) is 67.0 Å². The molecule has 35 heavy (non-hydrogen) atoms. The molecule has 182 valence electrons. The molecule has 5 rings (SSSR count). The Bertz CT molecular complexity index is 1130. The van der Waals surface area contributed by atoms with E-state index in [1.807, 2.05) is 59.5 Å². The lowest BCUT2D eigenvalue weighted by Crippen LogP contribution is -2.52. The summed E-state index contributed by atoms with van der Waals surface area (Å²) in [5, 5.41) is 0. The van der Waals surface area contributed by atoms with Crippen LogP contribution in [0.1, 0.15) is 42.9 Å². The van der Waals surface area contributed by atoms with Gasteiger partial charge in [0.1, 0.15) is 11.5 Å². The molecule has 2 aliphatic rings. The van der Waals surface area contributed by atoms with Crippen molar-refractivity contribution in [3.8, 4) is 17.4 Å². The first-order valence-corrected chi connectivity index (χ1v) is 12.2. The molecular formula is C28H31N3O4. The number of ether oxygens (including phenoxy) is 3. The molecule has 0 bridgehead atoms. The lowest BCUT2D eigenvalue weighted by molar-refractivity contribution is -0.142. The molecule has 2 saturated heterocycles. The van der Waals surface area contributed by atoms with Gasteiger partial charge in [-0.05, 0) is 55.5 Å². The molecule has 0 unspecified atom stereocenters. The Morgan fingerprint density at radius 1 is 1.03 bits per heavy atom. The number of rotatable bonds is 6. The topological polar surface area (TPSA) is 73.8 Å². The van der Waals surface area contributed by atoms with E-state index < -0.39 is 5.41 Å². The van der Waals surface area contributed by atoms with Gasteiger partial charge in [-0.2, -0.15) is 0 Å². The van der Waals surface area contributed by atoms with E-state index in [-0.39, 0.29) is 11.8 Å². The van der Waals surface area contributed by atoms with Gasteiger partial charge in [0.25, 0.3) is 0 Å². The molecule has 1 aromatic heterocycles. The number of amides is 1. The van der Waals surface area contributed by atoms with Crippen LogP contribution in [-0.2, 0) is 14.9 Å². The monoisotopic (exact) mass is 473 g/mol. The molecule has 0 saturated carbocycles. The highest BCUT2D eigenvalue weighted by atomic mass is 16.5. The van der Waals surface area contributed by atoms with Crippen LogP contribution in [0.5, 0.6) is 17.4 Å². The first-order valence-electron chi connectivity index (χ1n) is 12.2. The van der Waals surface area contributed by atoms with Crippen molar-refractivity contribution in [2.24, 2.45) is 0 Å². The van der Waals surface area contributed by atoms with E-state index in [9.17, 15) is 4.79 Å². The van der Waals surface area contributed by atoms with Crippen LogP contribution in [0.25, 0.3) is 0 Å². The Morgan fingerprint density at radius 3 is 2.54 bits per heavy atom. The quantitative estimate of drug-likeness (QED) is 0.515. The second-order valence-electron chi connectivity index (χ2n) is 9.21. The zero-order valence-corrected chi connectivity index (χ0v) is 20.1. The third-order valence-electron chi connectivity index (χ3n) is 7.12. The average Bonchev–Trinajstić information content (AvgIpc) is 2.94. The van der Waals surface area contributed by atoms with E-state index >= 15 is 0 Å². The summed E-state index contributed by atoms with van der Waals surface area (Å²) in [5.74, 6) is 2.28. The van der Waals surface area contributed by atoms with Crippen molar-refractivity contribution in [2.75, 3.05) is 33.4 Å². The van der Waals surface area contributed by atoms with Crippen LogP contribution in [-0.4, -0.2) is 54.2 Å². The number of aromatic nitrogens is 2. The van der Waals surface area contributed by atoms with Crippen molar-refractivity contribution in [1.82, 2.24) is 14.9 Å². The minimum atomic E-state index is -0.573. The number of likely N-dealkylation sites (tertiary alicyclic amines) is 1. The molecule has 7 nitrogen and oxygen atoms in total. The summed E-state index contributed by atoms with van der Waals surface area (Å²) in [7, 11) is 1.65. The first kappa shape index (κ1) is 23.3. The molecule has 1 amide bonds. The van der Waals surface area contributed by atoms with Gasteiger partial charge in [-0.3, -0.25) is 9.78 Å². The number of benzene rings is 2. The van der Waals surface area contributed by atoms with Crippen LogP contribution >= 0.6 is 0 Å². The highest BCUT2D eigenvalue weighted by Gasteiger charge is 2.45. The van der Waals surface area contributed by atoms with E-state index in [0.717, 1.165) is 42.1 Å². The fraction of sp³-hybridized carbons (Fsp3) is 0.393. The van der Waals surface area contributed by atoms with Crippen LogP contribution in [0.4, 0.5) is 0 Å². The second kappa shape index (κ2) is 10.4. The molecule has 0 aliphatic carbocycles. The van der Waals surface area contributed by atoms with E-state index in [0.29, 0.717) is 38.5 Å². The number of carbonyl (C=O) groups excluding carboxylic acids is 1. The summed E-state index contributed by atoms with van der Waals surface area (Å²) in [5.41, 5.74) is 1.32. The third kappa shape index (κ3) is 5.00. The van der Waals surface area contributed by atoms with Gasteiger partial charge in [-0.15, -0.1) is 0 Å². The van der Waals surface area contributed by atoms with Crippen LogP contribution in [0.2, 0.25) is 0 Å². The maximum atomic E-state index is 14.1. The Kier molecular flexibility index (Phi) is 6.95. The van der Waals surface area contributed by atoms with Crippen LogP contribution < -0.4 is 9.47 Å². The van der Waals surface area contributed by atoms with Crippen molar-refractivity contribution >= 4 is 5.91 Å². The summed E-state index contributed by atoms with van der Waals surface area (Å²) in [6.07, 6.45) is 6.68. The molecule has 0 N–H and O–H groups in total. The van der Waals surface area contributed by atoms with Crippen molar-refractivity contribution in [2.45, 2.75) is 37.0 Å². The maximum Gasteiger partial charge on any atom is 0.238 e. The Labute approximate surface area is 206 Å². The predicted molar refractivity (Wildman–Crippen MR) is 132 cm³/mol. The molecule has 2 aromatic carbocycles. The minimum absolute atomic E-state index is 0.118. The number of carbonyl (C=O) groups is 1. The average molecular weight is 474 g/mol. The number of hydrogen-bond acceptors (Lipinski definition) is 6. The fourth-order valence-corrected chi connectivity index (χ4v) is 5.18. The lowest BCUT2D eigenvalue weighted by atomic mass is 9.72. The van der Waals surface area contributed by atoms with Crippen molar-refractivity contribution < 1.29 is 19.0 Å². The number of hydrogen-bond donors (Lipinski definition) is 0. The largest absolute Gasteiger partial charge is 0.497 e. The first-order chi connectivity index (χ1) is 17.2. The summed E-state index contributed by atoms with van der Waals surface area (Å²) >= 11 is 0. The van der Waals surface area contributed by atoms with Gasteiger partial charge < -0.3 is 19.1 Å². The zero-order chi connectivity index (χ0) is 24.1. The SMILES string of the molecule is COc1ccc(C2(C(=O)N3CCC[C@@H](c4cncc(Oc5ccccc5)n4)C3)CCOCC2)cc1. The number of piperidine rings is 1. The summed E-state index contributed by atoms with van der Waals surface area (Å²) < 4.78 is 16.9. The van der Waals surface area contributed by atoms with E-state index in [1.54, 1.807) is 19.5 Å². The zero-order valence-electron chi connectivity index (χ0n) is 20.1. The van der Waals surface area contributed by atoms with E-state index in [2.05, 4.69) is 4.98 Å². The molecule has 2 aliphatic heterocycles. The number of methoxy groups -OCH3 is 1. The van der Waals surface area contributed by atoms with Gasteiger partial charge in [-0.25, -0.2) is 4.98 Å². The second-order valence-corrected chi connectivity index (χ2v) is 9.21. The molecule has 2 fully saturated rings. The van der Waals surface area contributed by atoms with Crippen molar-refractivity contribution in [1.29, 1.82) is 0 Å². The molecule has 0 radical (unpaired) electrons. The van der Waals surface area contributed by atoms with Gasteiger partial charge in [0.05, 0.1) is 24.4 Å².